The van der Waals surface area contributed by atoms with Crippen molar-refractivity contribution in [2.75, 3.05) is 0 Å². The predicted molar refractivity (Wildman–Crippen MR) is 158 cm³/mol. The van der Waals surface area contributed by atoms with Crippen molar-refractivity contribution in [1.29, 1.82) is 5.26 Å². The molecule has 0 spiro atoms. The van der Waals surface area contributed by atoms with Crippen LogP contribution in [0.1, 0.15) is 5.56 Å². The van der Waals surface area contributed by atoms with E-state index in [0.29, 0.717) is 11.1 Å². The van der Waals surface area contributed by atoms with E-state index in [9.17, 15) is 5.26 Å². The number of rotatable bonds is 4. The molecule has 7 aromatic rings. The fourth-order valence-corrected chi connectivity index (χ4v) is 5.28. The van der Waals surface area contributed by atoms with Gasteiger partial charge in [0.15, 0.2) is 0 Å². The van der Waals surface area contributed by atoms with Gasteiger partial charge >= 0.3 is 0 Å². The molecule has 3 nitrogen and oxygen atoms in total. The van der Waals surface area contributed by atoms with Crippen molar-refractivity contribution in [3.8, 4) is 50.7 Å². The van der Waals surface area contributed by atoms with E-state index in [0.717, 1.165) is 49.9 Å². The molecule has 182 valence electrons. The van der Waals surface area contributed by atoms with Crippen molar-refractivity contribution in [2.24, 2.45) is 0 Å². The summed E-state index contributed by atoms with van der Waals surface area (Å²) in [6.45, 7) is 0. The van der Waals surface area contributed by atoms with E-state index in [1.165, 1.54) is 11.1 Å². The van der Waals surface area contributed by atoms with Gasteiger partial charge in [-0.1, -0.05) is 97.1 Å². The maximum absolute atomic E-state index is 10.00. The van der Waals surface area contributed by atoms with Crippen LogP contribution in [0, 0.1) is 11.3 Å². The van der Waals surface area contributed by atoms with E-state index >= 15 is 0 Å². The van der Waals surface area contributed by atoms with E-state index in [1.54, 1.807) is 6.20 Å². The van der Waals surface area contributed by atoms with Gasteiger partial charge in [0.25, 0.3) is 0 Å². The number of fused-ring (bicyclic) bond motifs is 3. The fourth-order valence-electron chi connectivity index (χ4n) is 5.28. The highest BCUT2D eigenvalue weighted by molar-refractivity contribution is 6.13. The van der Waals surface area contributed by atoms with E-state index in [-0.39, 0.29) is 0 Å². The van der Waals surface area contributed by atoms with E-state index in [4.69, 9.17) is 4.42 Å². The number of pyridine rings is 1. The monoisotopic (exact) mass is 498 g/mol. The Labute approximate surface area is 226 Å². The number of hydrogen-bond acceptors (Lipinski definition) is 3. The van der Waals surface area contributed by atoms with Crippen molar-refractivity contribution in [3.05, 3.63) is 139 Å². The predicted octanol–water partition coefficient (Wildman–Crippen LogP) is 9.52. The number of hydrogen-bond donors (Lipinski definition) is 0. The van der Waals surface area contributed by atoms with Crippen LogP contribution in [0.25, 0.3) is 66.6 Å². The highest BCUT2D eigenvalue weighted by atomic mass is 16.3. The molecule has 0 unspecified atom stereocenters. The van der Waals surface area contributed by atoms with Gasteiger partial charge in [0.2, 0.25) is 0 Å². The van der Waals surface area contributed by atoms with Gasteiger partial charge < -0.3 is 4.42 Å². The third-order valence-corrected chi connectivity index (χ3v) is 7.23. The number of aromatic nitrogens is 1. The molecular weight excluding hydrogens is 476 g/mol. The Hall–Kier alpha value is -5.46. The highest BCUT2D eigenvalue weighted by Gasteiger charge is 2.19. The fraction of sp³-hybridized carbons (Fsp3) is 0. The summed E-state index contributed by atoms with van der Waals surface area (Å²) in [5, 5.41) is 12.0. The number of furan rings is 1. The molecule has 0 aliphatic rings. The molecule has 2 heterocycles. The first-order chi connectivity index (χ1) is 19.3. The first kappa shape index (κ1) is 22.7. The molecule has 5 aromatic carbocycles. The minimum absolute atomic E-state index is 0.584. The molecule has 2 aromatic heterocycles. The van der Waals surface area contributed by atoms with E-state index in [1.807, 2.05) is 48.5 Å². The maximum atomic E-state index is 10.00. The van der Waals surface area contributed by atoms with Crippen LogP contribution in [-0.2, 0) is 0 Å². The molecule has 0 bridgehead atoms. The third-order valence-electron chi connectivity index (χ3n) is 7.23. The average Bonchev–Trinajstić information content (AvgIpc) is 3.40. The molecule has 0 radical (unpaired) electrons. The second-order valence-corrected chi connectivity index (χ2v) is 9.50. The Morgan fingerprint density at radius 1 is 0.513 bits per heavy atom. The zero-order valence-electron chi connectivity index (χ0n) is 21.0. The van der Waals surface area contributed by atoms with Gasteiger partial charge in [-0.15, -0.1) is 0 Å². The van der Waals surface area contributed by atoms with Gasteiger partial charge in [0, 0.05) is 28.1 Å². The van der Waals surface area contributed by atoms with E-state index < -0.39 is 0 Å². The SMILES string of the molecule is N#Cc1ccc2c(oc3c(-c4ccccn4)cccc32)c1-c1ccc(-c2ccc(-c3ccccc3)cc2)cc1. The lowest BCUT2D eigenvalue weighted by Gasteiger charge is -2.08. The lowest BCUT2D eigenvalue weighted by atomic mass is 9.94. The van der Waals surface area contributed by atoms with Crippen molar-refractivity contribution in [2.45, 2.75) is 0 Å². The lowest BCUT2D eigenvalue weighted by molar-refractivity contribution is 0.670. The topological polar surface area (TPSA) is 49.8 Å². The lowest BCUT2D eigenvalue weighted by Crippen LogP contribution is -1.86. The molecule has 0 amide bonds. The summed E-state index contributed by atoms with van der Waals surface area (Å²) in [6.07, 6.45) is 1.78. The molecular formula is C36H22N2O. The smallest absolute Gasteiger partial charge is 0.144 e. The maximum Gasteiger partial charge on any atom is 0.144 e. The zero-order chi connectivity index (χ0) is 26.2. The molecule has 0 saturated heterocycles. The molecule has 0 aliphatic heterocycles. The molecule has 0 aliphatic carbocycles. The van der Waals surface area contributed by atoms with Crippen LogP contribution in [0.5, 0.6) is 0 Å². The summed E-state index contributed by atoms with van der Waals surface area (Å²) in [6, 6.07) is 45.5. The minimum atomic E-state index is 0.584. The van der Waals surface area contributed by atoms with Crippen molar-refractivity contribution >= 4 is 21.9 Å². The summed E-state index contributed by atoms with van der Waals surface area (Å²) in [4.78, 5) is 4.53. The summed E-state index contributed by atoms with van der Waals surface area (Å²) < 4.78 is 6.55. The van der Waals surface area contributed by atoms with Gasteiger partial charge in [-0.25, -0.2) is 0 Å². The van der Waals surface area contributed by atoms with Gasteiger partial charge in [0.05, 0.1) is 17.3 Å². The molecule has 39 heavy (non-hydrogen) atoms. The Morgan fingerprint density at radius 3 is 1.77 bits per heavy atom. The first-order valence-electron chi connectivity index (χ1n) is 12.9. The molecule has 3 heteroatoms. The Bertz CT molecular complexity index is 1980. The average molecular weight is 499 g/mol. The van der Waals surface area contributed by atoms with Crippen molar-refractivity contribution in [1.82, 2.24) is 4.98 Å². The summed E-state index contributed by atoms with van der Waals surface area (Å²) in [7, 11) is 0. The van der Waals surface area contributed by atoms with Crippen LogP contribution in [0.3, 0.4) is 0 Å². The van der Waals surface area contributed by atoms with Crippen LogP contribution in [0.4, 0.5) is 0 Å². The summed E-state index contributed by atoms with van der Waals surface area (Å²) in [5.41, 5.74) is 10.3. The molecule has 0 fully saturated rings. The number of nitrogens with zero attached hydrogens (tertiary/aromatic N) is 2. The van der Waals surface area contributed by atoms with Crippen molar-refractivity contribution < 1.29 is 4.42 Å². The molecule has 0 atom stereocenters. The molecule has 7 rings (SSSR count). The molecule has 0 N–H and O–H groups in total. The van der Waals surface area contributed by atoms with E-state index in [2.05, 4.69) is 89.9 Å². The summed E-state index contributed by atoms with van der Waals surface area (Å²) >= 11 is 0. The van der Waals surface area contributed by atoms with Crippen LogP contribution in [0.2, 0.25) is 0 Å². The Morgan fingerprint density at radius 2 is 1.13 bits per heavy atom. The van der Waals surface area contributed by atoms with Crippen LogP contribution < -0.4 is 0 Å². The van der Waals surface area contributed by atoms with Crippen LogP contribution in [-0.4, -0.2) is 4.98 Å². The Kier molecular flexibility index (Phi) is 5.50. The summed E-state index contributed by atoms with van der Waals surface area (Å²) in [5.74, 6) is 0. The third kappa shape index (κ3) is 3.96. The number of para-hydroxylation sites is 1. The molecule has 0 saturated carbocycles. The second-order valence-electron chi connectivity index (χ2n) is 9.50. The minimum Gasteiger partial charge on any atom is -0.455 e. The van der Waals surface area contributed by atoms with Gasteiger partial charge in [-0.2, -0.15) is 5.26 Å². The number of benzene rings is 5. The quantitative estimate of drug-likeness (QED) is 0.243. The van der Waals surface area contributed by atoms with Gasteiger partial charge in [-0.05, 0) is 58.1 Å². The van der Waals surface area contributed by atoms with Gasteiger partial charge in [0.1, 0.15) is 11.2 Å². The second kappa shape index (κ2) is 9.45. The Balaban J connectivity index is 1.32. The zero-order valence-corrected chi connectivity index (χ0v) is 21.0. The first-order valence-corrected chi connectivity index (χ1v) is 12.9. The number of nitriles is 1. The largest absolute Gasteiger partial charge is 0.455 e. The van der Waals surface area contributed by atoms with Crippen LogP contribution >= 0.6 is 0 Å². The normalized spacial score (nSPS) is 11.1. The van der Waals surface area contributed by atoms with Gasteiger partial charge in [-0.3, -0.25) is 4.98 Å². The standard InChI is InChI=1S/C36H22N2O/c37-23-29-20-21-31-30-9-6-10-32(33-11-4-5-22-38-33)35(30)39-36(31)34(29)28-18-16-27(17-19-28)26-14-12-25(13-15-26)24-7-2-1-3-8-24/h1-22H. The van der Waals surface area contributed by atoms with Crippen molar-refractivity contribution in [3.63, 3.8) is 0 Å². The highest BCUT2D eigenvalue weighted by Crippen LogP contribution is 2.41. The van der Waals surface area contributed by atoms with Crippen LogP contribution in [0.15, 0.2) is 138 Å².